The van der Waals surface area contributed by atoms with Crippen molar-refractivity contribution in [2.24, 2.45) is 0 Å². The number of morpholine rings is 1. The summed E-state index contributed by atoms with van der Waals surface area (Å²) < 4.78 is 32.0. The van der Waals surface area contributed by atoms with Crippen molar-refractivity contribution in [2.45, 2.75) is 24.3 Å². The van der Waals surface area contributed by atoms with E-state index in [1.54, 1.807) is 13.8 Å². The second-order valence-corrected chi connectivity index (χ2v) is 7.33. The molecule has 0 atom stereocenters. The van der Waals surface area contributed by atoms with Crippen LogP contribution in [-0.4, -0.2) is 42.9 Å². The molecule has 0 aliphatic carbocycles. The van der Waals surface area contributed by atoms with E-state index >= 15 is 0 Å². The minimum absolute atomic E-state index is 0.120. The van der Waals surface area contributed by atoms with Crippen LogP contribution in [0.15, 0.2) is 23.1 Å². The average molecular weight is 315 g/mol. The Kier molecular flexibility index (Phi) is 3.91. The monoisotopic (exact) mass is 315 g/mol. The molecule has 1 aromatic carbocycles. The molecule has 8 nitrogen and oxygen atoms in total. The van der Waals surface area contributed by atoms with E-state index in [-0.39, 0.29) is 29.4 Å². The van der Waals surface area contributed by atoms with Gasteiger partial charge in [-0.2, -0.15) is 4.31 Å². The Hall–Kier alpha value is -1.71. The van der Waals surface area contributed by atoms with Gasteiger partial charge in [-0.15, -0.1) is 0 Å². The number of rotatable bonds is 3. The van der Waals surface area contributed by atoms with Crippen LogP contribution in [0.3, 0.4) is 0 Å². The molecule has 0 saturated carbocycles. The van der Waals surface area contributed by atoms with Gasteiger partial charge in [0.25, 0.3) is 5.69 Å². The van der Waals surface area contributed by atoms with E-state index in [9.17, 15) is 18.5 Å². The summed E-state index contributed by atoms with van der Waals surface area (Å²) in [6, 6.07) is 3.36. The fourth-order valence-corrected chi connectivity index (χ4v) is 3.87. The lowest BCUT2D eigenvalue weighted by Gasteiger charge is -2.37. The third-order valence-corrected chi connectivity index (χ3v) is 5.13. The molecular weight excluding hydrogens is 298 g/mol. The van der Waals surface area contributed by atoms with Crippen LogP contribution in [0, 0.1) is 10.1 Å². The first-order valence-corrected chi connectivity index (χ1v) is 7.75. The van der Waals surface area contributed by atoms with E-state index in [1.807, 2.05) is 0 Å². The molecule has 0 bridgehead atoms. The summed E-state index contributed by atoms with van der Waals surface area (Å²) in [5, 5.41) is 10.7. The standard InChI is InChI=1S/C12H17N3O5S/c1-12(2)8-14(5-6-20-12)21(18,19)11-4-3-9(15(16)17)7-10(11)13/h3-4,7H,5-6,8,13H2,1-2H3. The molecule has 1 heterocycles. The summed E-state index contributed by atoms with van der Waals surface area (Å²) in [5.41, 5.74) is 4.72. The van der Waals surface area contributed by atoms with Crippen LogP contribution in [0.5, 0.6) is 0 Å². The van der Waals surface area contributed by atoms with Gasteiger partial charge in [0.05, 0.1) is 22.8 Å². The van der Waals surface area contributed by atoms with Crippen LogP contribution in [0.2, 0.25) is 0 Å². The number of nitrogens with two attached hydrogens (primary N) is 1. The number of benzene rings is 1. The molecule has 116 valence electrons. The second kappa shape index (κ2) is 5.24. The fourth-order valence-electron chi connectivity index (χ4n) is 2.20. The van der Waals surface area contributed by atoms with E-state index in [2.05, 4.69) is 0 Å². The molecule has 0 aromatic heterocycles. The first kappa shape index (κ1) is 15.7. The van der Waals surface area contributed by atoms with Crippen molar-refractivity contribution in [3.8, 4) is 0 Å². The number of hydrogen-bond donors (Lipinski definition) is 1. The number of sulfonamides is 1. The smallest absolute Gasteiger partial charge is 0.271 e. The zero-order valence-corrected chi connectivity index (χ0v) is 12.6. The minimum Gasteiger partial charge on any atom is -0.397 e. The molecule has 1 saturated heterocycles. The highest BCUT2D eigenvalue weighted by atomic mass is 32.2. The number of nitrogens with zero attached hydrogens (tertiary/aromatic N) is 2. The maximum Gasteiger partial charge on any atom is 0.271 e. The van der Waals surface area contributed by atoms with Crippen LogP contribution in [0.4, 0.5) is 11.4 Å². The molecule has 2 N–H and O–H groups in total. The van der Waals surface area contributed by atoms with Crippen LogP contribution < -0.4 is 5.73 Å². The normalized spacial score (nSPS) is 19.3. The Morgan fingerprint density at radius 2 is 2.10 bits per heavy atom. The van der Waals surface area contributed by atoms with Crippen LogP contribution >= 0.6 is 0 Å². The number of nitro benzene ring substituents is 1. The third-order valence-electron chi connectivity index (χ3n) is 3.21. The quantitative estimate of drug-likeness (QED) is 0.505. The topological polar surface area (TPSA) is 116 Å². The molecule has 1 aliphatic rings. The van der Waals surface area contributed by atoms with E-state index < -0.39 is 20.5 Å². The van der Waals surface area contributed by atoms with Gasteiger partial charge in [-0.05, 0) is 19.9 Å². The Morgan fingerprint density at radius 1 is 1.43 bits per heavy atom. The van der Waals surface area contributed by atoms with Crippen molar-refractivity contribution >= 4 is 21.4 Å². The van der Waals surface area contributed by atoms with Crippen molar-refractivity contribution in [3.63, 3.8) is 0 Å². The van der Waals surface area contributed by atoms with E-state index in [0.29, 0.717) is 6.61 Å². The Balaban J connectivity index is 2.38. The summed E-state index contributed by atoms with van der Waals surface area (Å²) in [4.78, 5) is 9.93. The van der Waals surface area contributed by atoms with E-state index in [4.69, 9.17) is 10.5 Å². The van der Waals surface area contributed by atoms with Crippen molar-refractivity contribution in [3.05, 3.63) is 28.3 Å². The molecule has 1 aromatic rings. The molecule has 21 heavy (non-hydrogen) atoms. The molecule has 0 amide bonds. The van der Waals surface area contributed by atoms with E-state index in [1.165, 1.54) is 10.4 Å². The summed E-state index contributed by atoms with van der Waals surface area (Å²) >= 11 is 0. The SMILES string of the molecule is CC1(C)CN(S(=O)(=O)c2ccc([N+](=O)[O-])cc2N)CCO1. The second-order valence-electron chi connectivity index (χ2n) is 5.43. The lowest BCUT2D eigenvalue weighted by Crippen LogP contribution is -2.50. The molecule has 0 radical (unpaired) electrons. The number of nitrogen functional groups attached to an aromatic ring is 1. The molecular formula is C12H17N3O5S. The van der Waals surface area contributed by atoms with Gasteiger partial charge < -0.3 is 10.5 Å². The lowest BCUT2D eigenvalue weighted by molar-refractivity contribution is -0.384. The molecule has 0 spiro atoms. The molecule has 0 unspecified atom stereocenters. The molecule has 1 aliphatic heterocycles. The molecule has 9 heteroatoms. The third kappa shape index (κ3) is 3.14. The van der Waals surface area contributed by atoms with Crippen LogP contribution in [0.25, 0.3) is 0 Å². The highest BCUT2D eigenvalue weighted by Gasteiger charge is 2.36. The van der Waals surface area contributed by atoms with Crippen LogP contribution in [0.1, 0.15) is 13.8 Å². The zero-order valence-electron chi connectivity index (χ0n) is 11.8. The van der Waals surface area contributed by atoms with Gasteiger partial charge in [0.1, 0.15) is 4.90 Å². The Labute approximate surface area is 122 Å². The van der Waals surface area contributed by atoms with E-state index in [0.717, 1.165) is 12.1 Å². The lowest BCUT2D eigenvalue weighted by atomic mass is 10.1. The van der Waals surface area contributed by atoms with Crippen molar-refractivity contribution < 1.29 is 18.1 Å². The van der Waals surface area contributed by atoms with Gasteiger partial charge in [0.15, 0.2) is 0 Å². The summed E-state index contributed by atoms with van der Waals surface area (Å²) in [6.07, 6.45) is 0. The summed E-state index contributed by atoms with van der Waals surface area (Å²) in [5.74, 6) is 0. The zero-order chi connectivity index (χ0) is 15.8. The van der Waals surface area contributed by atoms with Gasteiger partial charge in [-0.1, -0.05) is 0 Å². The van der Waals surface area contributed by atoms with Crippen molar-refractivity contribution in [1.82, 2.24) is 4.31 Å². The Bertz CT molecular complexity index is 671. The maximum absolute atomic E-state index is 12.6. The number of non-ortho nitro benzene ring substituents is 1. The highest BCUT2D eigenvalue weighted by molar-refractivity contribution is 7.89. The number of hydrogen-bond acceptors (Lipinski definition) is 6. The minimum atomic E-state index is -3.80. The summed E-state index contributed by atoms with van der Waals surface area (Å²) in [6.45, 7) is 4.31. The van der Waals surface area contributed by atoms with Gasteiger partial charge in [-0.25, -0.2) is 8.42 Å². The first-order chi connectivity index (χ1) is 9.63. The summed E-state index contributed by atoms with van der Waals surface area (Å²) in [7, 11) is -3.80. The largest absolute Gasteiger partial charge is 0.397 e. The predicted octanol–water partition coefficient (Wildman–Crippen LogP) is 0.977. The molecule has 2 rings (SSSR count). The number of nitro groups is 1. The highest BCUT2D eigenvalue weighted by Crippen LogP contribution is 2.29. The fraction of sp³-hybridized carbons (Fsp3) is 0.500. The first-order valence-electron chi connectivity index (χ1n) is 6.31. The number of ether oxygens (including phenoxy) is 1. The van der Waals surface area contributed by atoms with Gasteiger partial charge >= 0.3 is 0 Å². The van der Waals surface area contributed by atoms with Crippen molar-refractivity contribution in [2.75, 3.05) is 25.4 Å². The van der Waals surface area contributed by atoms with Crippen molar-refractivity contribution in [1.29, 1.82) is 0 Å². The average Bonchev–Trinajstić information content (AvgIpc) is 2.36. The van der Waals surface area contributed by atoms with Crippen LogP contribution in [-0.2, 0) is 14.8 Å². The predicted molar refractivity (Wildman–Crippen MR) is 76.3 cm³/mol. The Morgan fingerprint density at radius 3 is 2.62 bits per heavy atom. The van der Waals surface area contributed by atoms with Gasteiger partial charge in [0, 0.05) is 25.2 Å². The van der Waals surface area contributed by atoms with Gasteiger partial charge in [0.2, 0.25) is 10.0 Å². The maximum atomic E-state index is 12.6. The van der Waals surface area contributed by atoms with Gasteiger partial charge in [-0.3, -0.25) is 10.1 Å². The molecule has 1 fully saturated rings. The number of anilines is 1.